The second kappa shape index (κ2) is 4.98. The molecule has 0 saturated carbocycles. The molecule has 2 aromatic heterocycles. The molecule has 1 aromatic carbocycles. The van der Waals surface area contributed by atoms with E-state index in [-0.39, 0.29) is 15.0 Å². The van der Waals surface area contributed by atoms with Crippen LogP contribution in [0.5, 0.6) is 0 Å². The molecule has 0 aliphatic carbocycles. The predicted octanol–water partition coefficient (Wildman–Crippen LogP) is 1.67. The molecule has 0 saturated heterocycles. The van der Waals surface area contributed by atoms with Gasteiger partial charge >= 0.3 is 0 Å². The van der Waals surface area contributed by atoms with E-state index in [0.29, 0.717) is 16.2 Å². The number of primary sulfonamides is 1. The highest BCUT2D eigenvalue weighted by Gasteiger charge is 2.19. The van der Waals surface area contributed by atoms with Crippen LogP contribution in [0, 0.1) is 10.1 Å². The maximum Gasteiger partial charge on any atom is 0.288 e. The Labute approximate surface area is 132 Å². The first-order valence-electron chi connectivity index (χ1n) is 5.59. The van der Waals surface area contributed by atoms with E-state index in [2.05, 4.69) is 10.1 Å². The number of hydrogen-bond donors (Lipinski definition) is 1. The zero-order valence-corrected chi connectivity index (χ0v) is 12.9. The van der Waals surface area contributed by atoms with Gasteiger partial charge in [-0.25, -0.2) is 23.1 Å². The maximum atomic E-state index is 11.2. The normalized spacial score (nSPS) is 11.9. The lowest BCUT2D eigenvalue weighted by Crippen LogP contribution is -2.12. The van der Waals surface area contributed by atoms with Crippen molar-refractivity contribution in [2.24, 2.45) is 5.14 Å². The van der Waals surface area contributed by atoms with E-state index in [1.807, 2.05) is 0 Å². The molecule has 0 atom stereocenters. The second-order valence-corrected chi connectivity index (χ2v) is 7.29. The first-order valence-corrected chi connectivity index (χ1v) is 8.33. The third kappa shape index (κ3) is 2.54. The first kappa shape index (κ1) is 14.8. The number of nitrogens with two attached hydrogens (primary N) is 1. The molecule has 12 heteroatoms. The summed E-state index contributed by atoms with van der Waals surface area (Å²) < 4.78 is 23.4. The summed E-state index contributed by atoms with van der Waals surface area (Å²) in [6.45, 7) is 0. The fourth-order valence-electron chi connectivity index (χ4n) is 1.75. The number of fused-ring (bicyclic) bond motifs is 1. The second-order valence-electron chi connectivity index (χ2n) is 4.19. The molecule has 0 radical (unpaired) electrons. The highest BCUT2D eigenvalue weighted by molar-refractivity contribution is 7.91. The van der Waals surface area contributed by atoms with Crippen LogP contribution in [0.1, 0.15) is 0 Å². The summed E-state index contributed by atoms with van der Waals surface area (Å²) in [5.74, 6) is 0. The smallest absolute Gasteiger partial charge is 0.258 e. The zero-order chi connectivity index (χ0) is 16.1. The molecular formula is C10H6ClN5O4S2. The third-order valence-corrected chi connectivity index (χ3v) is 5.26. The van der Waals surface area contributed by atoms with Crippen LogP contribution in [-0.4, -0.2) is 27.9 Å². The van der Waals surface area contributed by atoms with E-state index >= 15 is 0 Å². The Hall–Kier alpha value is -2.08. The van der Waals surface area contributed by atoms with Gasteiger partial charge in [0.1, 0.15) is 5.02 Å². The number of halogens is 1. The van der Waals surface area contributed by atoms with Gasteiger partial charge in [-0.2, -0.15) is 0 Å². The Morgan fingerprint density at radius 3 is 2.73 bits per heavy atom. The number of rotatable bonds is 3. The first-order chi connectivity index (χ1) is 10.3. The average molecular weight is 360 g/mol. The van der Waals surface area contributed by atoms with Gasteiger partial charge in [0.05, 0.1) is 16.8 Å². The lowest BCUT2D eigenvalue weighted by molar-refractivity contribution is -0.384. The van der Waals surface area contributed by atoms with Crippen molar-refractivity contribution in [3.63, 3.8) is 0 Å². The molecule has 0 aliphatic heterocycles. The maximum absolute atomic E-state index is 11.2. The van der Waals surface area contributed by atoms with Gasteiger partial charge in [-0.3, -0.25) is 10.1 Å². The van der Waals surface area contributed by atoms with E-state index in [1.54, 1.807) is 6.07 Å². The van der Waals surface area contributed by atoms with Crippen molar-refractivity contribution in [3.05, 3.63) is 39.5 Å². The lowest BCUT2D eigenvalue weighted by atomic mass is 10.1. The number of benzene rings is 1. The molecular weight excluding hydrogens is 354 g/mol. The molecule has 2 heterocycles. The van der Waals surface area contributed by atoms with Crippen molar-refractivity contribution in [1.29, 1.82) is 0 Å². The molecule has 0 unspecified atom stereocenters. The van der Waals surface area contributed by atoms with Crippen LogP contribution < -0.4 is 5.14 Å². The van der Waals surface area contributed by atoms with Crippen molar-refractivity contribution < 1.29 is 13.3 Å². The third-order valence-electron chi connectivity index (χ3n) is 2.71. The Morgan fingerprint density at radius 1 is 1.41 bits per heavy atom. The van der Waals surface area contributed by atoms with Gasteiger partial charge in [0.2, 0.25) is 9.30 Å². The van der Waals surface area contributed by atoms with Crippen LogP contribution in [0.25, 0.3) is 16.2 Å². The van der Waals surface area contributed by atoms with Crippen LogP contribution >= 0.6 is 22.9 Å². The standard InChI is InChI=1S/C10H6ClN5O4S2/c11-6-2-1-5(3-8(6)16(17)18)7-4-15-9(13-7)21-10(14-15)22(12,19)20/h1-4H,(H2,12,19,20). The lowest BCUT2D eigenvalue weighted by Gasteiger charge is -1.98. The van der Waals surface area contributed by atoms with Gasteiger partial charge in [0.15, 0.2) is 0 Å². The van der Waals surface area contributed by atoms with E-state index in [4.69, 9.17) is 16.7 Å². The van der Waals surface area contributed by atoms with Crippen LogP contribution in [-0.2, 0) is 10.0 Å². The number of sulfonamides is 1. The molecule has 3 rings (SSSR count). The molecule has 2 N–H and O–H groups in total. The van der Waals surface area contributed by atoms with Crippen molar-refractivity contribution in [3.8, 4) is 11.3 Å². The van der Waals surface area contributed by atoms with Crippen molar-refractivity contribution in [1.82, 2.24) is 14.6 Å². The Kier molecular flexibility index (Phi) is 3.36. The van der Waals surface area contributed by atoms with Crippen molar-refractivity contribution in [2.75, 3.05) is 0 Å². The van der Waals surface area contributed by atoms with E-state index in [0.717, 1.165) is 11.3 Å². The number of hydrogen-bond acceptors (Lipinski definition) is 7. The molecule has 22 heavy (non-hydrogen) atoms. The van der Waals surface area contributed by atoms with Crippen LogP contribution in [0.4, 0.5) is 5.69 Å². The Morgan fingerprint density at radius 2 is 2.14 bits per heavy atom. The minimum absolute atomic E-state index is 0.0180. The molecule has 0 aliphatic rings. The zero-order valence-electron chi connectivity index (χ0n) is 10.5. The SMILES string of the molecule is NS(=O)(=O)c1nn2cc(-c3ccc(Cl)c([N+](=O)[O-])c3)nc2s1. The molecule has 0 amide bonds. The average Bonchev–Trinajstić information content (AvgIpc) is 2.96. The summed E-state index contributed by atoms with van der Waals surface area (Å²) in [5.41, 5.74) is 0.624. The minimum Gasteiger partial charge on any atom is -0.258 e. The Balaban J connectivity index is 2.10. The molecule has 114 valence electrons. The number of nitro groups is 1. The highest BCUT2D eigenvalue weighted by Crippen LogP contribution is 2.30. The topological polar surface area (TPSA) is 133 Å². The molecule has 0 spiro atoms. The number of imidazole rings is 1. The summed E-state index contributed by atoms with van der Waals surface area (Å²) >= 11 is 6.55. The summed E-state index contributed by atoms with van der Waals surface area (Å²) in [5, 5.41) is 19.7. The summed E-state index contributed by atoms with van der Waals surface area (Å²) in [7, 11) is -3.90. The van der Waals surface area contributed by atoms with Gasteiger partial charge in [0, 0.05) is 11.6 Å². The van der Waals surface area contributed by atoms with Gasteiger partial charge in [-0.1, -0.05) is 29.0 Å². The van der Waals surface area contributed by atoms with Gasteiger partial charge in [-0.15, -0.1) is 5.10 Å². The molecule has 3 aromatic rings. The molecule has 0 fully saturated rings. The number of aromatic nitrogens is 3. The predicted molar refractivity (Wildman–Crippen MR) is 79.3 cm³/mol. The summed E-state index contributed by atoms with van der Waals surface area (Å²) in [6, 6.07) is 4.25. The van der Waals surface area contributed by atoms with E-state index in [9.17, 15) is 18.5 Å². The fourth-order valence-corrected chi connectivity index (χ4v) is 3.44. The quantitative estimate of drug-likeness (QED) is 0.558. The van der Waals surface area contributed by atoms with Crippen molar-refractivity contribution >= 4 is 43.6 Å². The minimum atomic E-state index is -3.90. The van der Waals surface area contributed by atoms with Crippen LogP contribution in [0.3, 0.4) is 0 Å². The van der Waals surface area contributed by atoms with Gasteiger partial charge < -0.3 is 0 Å². The van der Waals surface area contributed by atoms with E-state index in [1.165, 1.54) is 22.8 Å². The van der Waals surface area contributed by atoms with Crippen LogP contribution in [0.15, 0.2) is 28.7 Å². The largest absolute Gasteiger partial charge is 0.288 e. The summed E-state index contributed by atoms with van der Waals surface area (Å²) in [6.07, 6.45) is 1.45. The summed E-state index contributed by atoms with van der Waals surface area (Å²) in [4.78, 5) is 14.8. The van der Waals surface area contributed by atoms with Crippen LogP contribution in [0.2, 0.25) is 5.02 Å². The van der Waals surface area contributed by atoms with Gasteiger partial charge in [-0.05, 0) is 6.07 Å². The fraction of sp³-hybridized carbons (Fsp3) is 0. The molecule has 9 nitrogen and oxygen atoms in total. The van der Waals surface area contributed by atoms with Gasteiger partial charge in [0.25, 0.3) is 15.7 Å². The molecule has 0 bridgehead atoms. The number of nitrogens with zero attached hydrogens (tertiary/aromatic N) is 4. The number of nitro benzene ring substituents is 1. The Bertz CT molecular complexity index is 978. The monoisotopic (exact) mass is 359 g/mol. The van der Waals surface area contributed by atoms with Crippen molar-refractivity contribution in [2.45, 2.75) is 4.34 Å². The highest BCUT2D eigenvalue weighted by atomic mass is 35.5. The van der Waals surface area contributed by atoms with E-state index < -0.39 is 14.9 Å².